The molecule has 0 saturated carbocycles. The van der Waals surface area contributed by atoms with Gasteiger partial charge in [0.25, 0.3) is 0 Å². The molecule has 0 N–H and O–H groups in total. The Morgan fingerprint density at radius 2 is 1.95 bits per heavy atom. The first kappa shape index (κ1) is 14.8. The van der Waals surface area contributed by atoms with Gasteiger partial charge in [0.15, 0.2) is 17.8 Å². The molecule has 0 unspecified atom stereocenters. The van der Waals surface area contributed by atoms with Gasteiger partial charge in [-0.2, -0.15) is 0 Å². The van der Waals surface area contributed by atoms with E-state index in [-0.39, 0.29) is 6.61 Å². The van der Waals surface area contributed by atoms with E-state index in [0.29, 0.717) is 34.7 Å². The SMILES string of the molecule is COc1ccc(COc2c(C=O)cccc2OC)c(F)c1. The second kappa shape index (κ2) is 6.74. The molecule has 0 aromatic heterocycles. The second-order valence-electron chi connectivity index (χ2n) is 4.24. The van der Waals surface area contributed by atoms with Crippen LogP contribution in [-0.2, 0) is 6.61 Å². The number of benzene rings is 2. The first-order valence-corrected chi connectivity index (χ1v) is 6.27. The van der Waals surface area contributed by atoms with Gasteiger partial charge in [0.05, 0.1) is 19.8 Å². The summed E-state index contributed by atoms with van der Waals surface area (Å²) in [4.78, 5) is 11.0. The van der Waals surface area contributed by atoms with E-state index in [1.807, 2.05) is 0 Å². The van der Waals surface area contributed by atoms with Crippen molar-refractivity contribution in [3.05, 3.63) is 53.3 Å². The van der Waals surface area contributed by atoms with Gasteiger partial charge in [-0.15, -0.1) is 0 Å². The minimum Gasteiger partial charge on any atom is -0.497 e. The van der Waals surface area contributed by atoms with E-state index in [1.165, 1.54) is 20.3 Å². The van der Waals surface area contributed by atoms with E-state index < -0.39 is 5.82 Å². The smallest absolute Gasteiger partial charge is 0.172 e. The molecule has 0 aliphatic rings. The molecule has 0 fully saturated rings. The minimum absolute atomic E-state index is 0.0168. The molecule has 4 nitrogen and oxygen atoms in total. The molecule has 21 heavy (non-hydrogen) atoms. The maximum Gasteiger partial charge on any atom is 0.172 e. The maximum atomic E-state index is 13.8. The van der Waals surface area contributed by atoms with Gasteiger partial charge >= 0.3 is 0 Å². The molecule has 0 aliphatic carbocycles. The fourth-order valence-electron chi connectivity index (χ4n) is 1.86. The van der Waals surface area contributed by atoms with Crippen LogP contribution in [0.15, 0.2) is 36.4 Å². The highest BCUT2D eigenvalue weighted by Crippen LogP contribution is 2.31. The van der Waals surface area contributed by atoms with Crippen LogP contribution in [0.3, 0.4) is 0 Å². The molecule has 2 rings (SSSR count). The second-order valence-corrected chi connectivity index (χ2v) is 4.24. The third-order valence-corrected chi connectivity index (χ3v) is 2.99. The average molecular weight is 290 g/mol. The summed E-state index contributed by atoms with van der Waals surface area (Å²) < 4.78 is 29.5. The lowest BCUT2D eigenvalue weighted by molar-refractivity contribution is 0.111. The number of halogens is 1. The number of carbonyl (C=O) groups is 1. The van der Waals surface area contributed by atoms with Crippen molar-refractivity contribution in [2.24, 2.45) is 0 Å². The molecule has 0 atom stereocenters. The Hall–Kier alpha value is -2.56. The van der Waals surface area contributed by atoms with Crippen molar-refractivity contribution in [1.29, 1.82) is 0 Å². The molecule has 0 saturated heterocycles. The van der Waals surface area contributed by atoms with Crippen LogP contribution in [-0.4, -0.2) is 20.5 Å². The summed E-state index contributed by atoms with van der Waals surface area (Å²) in [5.74, 6) is 0.720. The van der Waals surface area contributed by atoms with Crippen LogP contribution in [0.1, 0.15) is 15.9 Å². The fourth-order valence-corrected chi connectivity index (χ4v) is 1.86. The zero-order valence-electron chi connectivity index (χ0n) is 11.8. The highest BCUT2D eigenvalue weighted by molar-refractivity contribution is 5.81. The number of para-hydroxylation sites is 1. The molecule has 0 spiro atoms. The number of hydrogen-bond acceptors (Lipinski definition) is 4. The van der Waals surface area contributed by atoms with E-state index >= 15 is 0 Å². The summed E-state index contributed by atoms with van der Waals surface area (Å²) in [5.41, 5.74) is 0.710. The van der Waals surface area contributed by atoms with E-state index in [9.17, 15) is 9.18 Å². The van der Waals surface area contributed by atoms with E-state index in [2.05, 4.69) is 0 Å². The van der Waals surface area contributed by atoms with Gasteiger partial charge in [0, 0.05) is 11.6 Å². The quantitative estimate of drug-likeness (QED) is 0.766. The van der Waals surface area contributed by atoms with Gasteiger partial charge in [0.2, 0.25) is 0 Å². The Labute approximate surface area is 122 Å². The molecule has 0 bridgehead atoms. The van der Waals surface area contributed by atoms with Crippen LogP contribution in [0, 0.1) is 5.82 Å². The number of ether oxygens (including phenoxy) is 3. The fraction of sp³-hybridized carbons (Fsp3) is 0.188. The van der Waals surface area contributed by atoms with Crippen molar-refractivity contribution < 1.29 is 23.4 Å². The highest BCUT2D eigenvalue weighted by atomic mass is 19.1. The number of hydrogen-bond donors (Lipinski definition) is 0. The van der Waals surface area contributed by atoms with Gasteiger partial charge in [0.1, 0.15) is 18.2 Å². The van der Waals surface area contributed by atoms with Crippen LogP contribution in [0.25, 0.3) is 0 Å². The summed E-state index contributed by atoms with van der Waals surface area (Å²) in [6.07, 6.45) is 0.669. The summed E-state index contributed by atoms with van der Waals surface area (Å²) in [6.45, 7) is -0.0168. The topological polar surface area (TPSA) is 44.8 Å². The van der Waals surface area contributed by atoms with Crippen LogP contribution >= 0.6 is 0 Å². The third kappa shape index (κ3) is 3.31. The van der Waals surface area contributed by atoms with Crippen LogP contribution < -0.4 is 14.2 Å². The van der Waals surface area contributed by atoms with Gasteiger partial charge in [-0.25, -0.2) is 4.39 Å². The van der Waals surface area contributed by atoms with Crippen molar-refractivity contribution in [3.8, 4) is 17.2 Å². The molecule has 2 aromatic rings. The van der Waals surface area contributed by atoms with Gasteiger partial charge in [-0.1, -0.05) is 6.07 Å². The molecule has 0 amide bonds. The predicted molar refractivity (Wildman–Crippen MR) is 75.7 cm³/mol. The molecular formula is C16H15FO4. The molecule has 2 aromatic carbocycles. The van der Waals surface area contributed by atoms with Crippen LogP contribution in [0.2, 0.25) is 0 Å². The van der Waals surface area contributed by atoms with Crippen molar-refractivity contribution in [2.45, 2.75) is 6.61 Å². The van der Waals surface area contributed by atoms with E-state index in [1.54, 1.807) is 30.3 Å². The largest absolute Gasteiger partial charge is 0.497 e. The lowest BCUT2D eigenvalue weighted by atomic mass is 10.2. The Bertz CT molecular complexity index is 640. The first-order valence-electron chi connectivity index (χ1n) is 6.27. The summed E-state index contributed by atoms with van der Waals surface area (Å²) >= 11 is 0. The number of aldehydes is 1. The first-order chi connectivity index (χ1) is 10.2. The standard InChI is InChI=1S/C16H15FO4/c1-19-13-7-6-12(14(17)8-13)10-21-16-11(9-18)4-3-5-15(16)20-2/h3-9H,10H2,1-2H3. The highest BCUT2D eigenvalue weighted by Gasteiger charge is 2.12. The summed E-state index contributed by atoms with van der Waals surface area (Å²) in [6, 6.07) is 9.46. The normalized spacial score (nSPS) is 10.0. The molecule has 0 aliphatic heterocycles. The average Bonchev–Trinajstić information content (AvgIpc) is 2.53. The van der Waals surface area contributed by atoms with E-state index in [4.69, 9.17) is 14.2 Å². The van der Waals surface area contributed by atoms with Crippen molar-refractivity contribution in [2.75, 3.05) is 14.2 Å². The van der Waals surface area contributed by atoms with Crippen molar-refractivity contribution >= 4 is 6.29 Å². The summed E-state index contributed by atoms with van der Waals surface area (Å²) in [7, 11) is 2.95. The van der Waals surface area contributed by atoms with Crippen LogP contribution in [0.4, 0.5) is 4.39 Å². The van der Waals surface area contributed by atoms with E-state index in [0.717, 1.165) is 0 Å². The minimum atomic E-state index is -0.433. The molecule has 0 radical (unpaired) electrons. The van der Waals surface area contributed by atoms with Crippen molar-refractivity contribution in [1.82, 2.24) is 0 Å². The molecular weight excluding hydrogens is 275 g/mol. The Balaban J connectivity index is 2.22. The number of methoxy groups -OCH3 is 2. The maximum absolute atomic E-state index is 13.8. The predicted octanol–water partition coefficient (Wildman–Crippen LogP) is 3.23. The van der Waals surface area contributed by atoms with Crippen molar-refractivity contribution in [3.63, 3.8) is 0 Å². The molecule has 0 heterocycles. The lowest BCUT2D eigenvalue weighted by Crippen LogP contribution is -2.02. The number of carbonyl (C=O) groups excluding carboxylic acids is 1. The third-order valence-electron chi connectivity index (χ3n) is 2.99. The van der Waals surface area contributed by atoms with Gasteiger partial charge in [-0.3, -0.25) is 4.79 Å². The molecule has 110 valence electrons. The zero-order valence-corrected chi connectivity index (χ0v) is 11.8. The number of rotatable bonds is 6. The Kier molecular flexibility index (Phi) is 4.77. The van der Waals surface area contributed by atoms with Gasteiger partial charge < -0.3 is 14.2 Å². The monoisotopic (exact) mass is 290 g/mol. The van der Waals surface area contributed by atoms with Gasteiger partial charge in [-0.05, 0) is 24.3 Å². The van der Waals surface area contributed by atoms with Crippen LogP contribution in [0.5, 0.6) is 17.2 Å². The zero-order chi connectivity index (χ0) is 15.2. The summed E-state index contributed by atoms with van der Waals surface area (Å²) in [5, 5.41) is 0. The lowest BCUT2D eigenvalue weighted by Gasteiger charge is -2.13. The molecule has 5 heteroatoms. The Morgan fingerprint density at radius 1 is 1.14 bits per heavy atom. The Morgan fingerprint density at radius 3 is 2.57 bits per heavy atom.